The maximum atomic E-state index is 10.3. The summed E-state index contributed by atoms with van der Waals surface area (Å²) in [6.45, 7) is 0. The Labute approximate surface area is 113 Å². The topological polar surface area (TPSA) is 92.2 Å². The van der Waals surface area contributed by atoms with Crippen molar-refractivity contribution in [1.29, 1.82) is 0 Å². The molecule has 0 N–H and O–H groups in total. The van der Waals surface area contributed by atoms with Crippen LogP contribution in [-0.2, 0) is 21.1 Å². The molecule has 0 aliphatic heterocycles. The summed E-state index contributed by atoms with van der Waals surface area (Å²) < 4.78 is 0. The van der Waals surface area contributed by atoms with E-state index in [1.807, 2.05) is 0 Å². The number of hydrogen-bond acceptors (Lipinski definition) is 4. The smallest absolute Gasteiger partial charge is 0.873 e. The van der Waals surface area contributed by atoms with E-state index in [1.54, 1.807) is 24.3 Å². The van der Waals surface area contributed by atoms with Gasteiger partial charge in [0.25, 0.3) is 0 Å². The first-order chi connectivity index (χ1) is 7.61. The van der Waals surface area contributed by atoms with Crippen LogP contribution in [0.25, 0.3) is 0 Å². The van der Waals surface area contributed by atoms with E-state index in [-0.39, 0.29) is 21.1 Å². The molecule has 0 fully saturated rings. The fourth-order valence-corrected chi connectivity index (χ4v) is 0.900. The largest absolute Gasteiger partial charge is 4.00 e. The van der Waals surface area contributed by atoms with E-state index >= 15 is 0 Å². The van der Waals surface area contributed by atoms with Crippen molar-refractivity contribution in [2.45, 2.75) is 0 Å². The third-order valence-electron chi connectivity index (χ3n) is 1.70. The molecular weight excluding hydrogens is 392 g/mol. The third-order valence-corrected chi connectivity index (χ3v) is 1.70. The van der Waals surface area contributed by atoms with E-state index in [2.05, 4.69) is 0 Å². The standard InChI is InChI=1S/2C6H6O2.W/c2*7-5-3-1-2-4-6(5)8;/h2*1-4,7-8H;/q;;+4/p-4. The van der Waals surface area contributed by atoms with Crippen molar-refractivity contribution in [3.05, 3.63) is 48.5 Å². The molecule has 0 saturated carbocycles. The zero-order chi connectivity index (χ0) is 12.0. The van der Waals surface area contributed by atoms with Crippen LogP contribution in [0.15, 0.2) is 48.5 Å². The predicted molar refractivity (Wildman–Crippen MR) is 50.7 cm³/mol. The SMILES string of the molecule is [O-]c1ccccc1[O-].[O-]c1ccccc1[O-].[W+4]. The second-order valence-corrected chi connectivity index (χ2v) is 2.89. The van der Waals surface area contributed by atoms with Crippen LogP contribution in [0.4, 0.5) is 0 Å². The van der Waals surface area contributed by atoms with Crippen LogP contribution in [0.5, 0.6) is 23.0 Å². The molecule has 0 amide bonds. The molecule has 0 bridgehead atoms. The van der Waals surface area contributed by atoms with Gasteiger partial charge in [-0.25, -0.2) is 0 Å². The minimum absolute atomic E-state index is 0. The van der Waals surface area contributed by atoms with Crippen LogP contribution in [-0.4, -0.2) is 0 Å². The Hall–Kier alpha value is -1.67. The molecule has 0 heterocycles. The van der Waals surface area contributed by atoms with E-state index in [0.29, 0.717) is 0 Å². The summed E-state index contributed by atoms with van der Waals surface area (Å²) in [6.07, 6.45) is 0. The van der Waals surface area contributed by atoms with Gasteiger partial charge in [-0.05, 0) is 0 Å². The molecule has 17 heavy (non-hydrogen) atoms. The Morgan fingerprint density at radius 3 is 0.765 bits per heavy atom. The van der Waals surface area contributed by atoms with E-state index in [4.69, 9.17) is 0 Å². The summed E-state index contributed by atoms with van der Waals surface area (Å²) in [6, 6.07) is 11.2. The quantitative estimate of drug-likeness (QED) is 0.606. The Bertz CT molecular complexity index is 374. The molecule has 0 aliphatic rings. The first kappa shape index (κ1) is 15.3. The van der Waals surface area contributed by atoms with Crippen molar-refractivity contribution in [3.63, 3.8) is 0 Å². The molecule has 0 saturated heterocycles. The van der Waals surface area contributed by atoms with Gasteiger partial charge in [0.1, 0.15) is 0 Å². The summed E-state index contributed by atoms with van der Waals surface area (Å²) in [4.78, 5) is 0. The van der Waals surface area contributed by atoms with Crippen molar-refractivity contribution >= 4 is 0 Å². The van der Waals surface area contributed by atoms with Crippen LogP contribution >= 0.6 is 0 Å². The third kappa shape index (κ3) is 5.27. The maximum absolute atomic E-state index is 10.3. The summed E-state index contributed by atoms with van der Waals surface area (Å²) in [5.74, 6) is -1.75. The molecule has 0 aliphatic carbocycles. The van der Waals surface area contributed by atoms with Crippen LogP contribution in [0.2, 0.25) is 0 Å². The molecule has 0 spiro atoms. The summed E-state index contributed by atoms with van der Waals surface area (Å²) in [5, 5.41) is 41.2. The maximum Gasteiger partial charge on any atom is 4.00 e. The van der Waals surface area contributed by atoms with E-state index in [9.17, 15) is 20.4 Å². The van der Waals surface area contributed by atoms with Gasteiger partial charge in [-0.2, -0.15) is 0 Å². The summed E-state index contributed by atoms with van der Waals surface area (Å²) in [5.41, 5.74) is 0. The number of rotatable bonds is 0. The molecule has 0 aromatic heterocycles. The molecule has 2 aromatic rings. The van der Waals surface area contributed by atoms with E-state index < -0.39 is 23.0 Å². The molecule has 0 atom stereocenters. The van der Waals surface area contributed by atoms with Crippen LogP contribution < -0.4 is 20.4 Å². The van der Waals surface area contributed by atoms with Gasteiger partial charge in [0.15, 0.2) is 0 Å². The second kappa shape index (κ2) is 7.58. The average molecular weight is 400 g/mol. The zero-order valence-corrected chi connectivity index (χ0v) is 11.6. The van der Waals surface area contributed by atoms with Crippen molar-refractivity contribution in [1.82, 2.24) is 0 Å². The Kier molecular flexibility index (Phi) is 6.83. The second-order valence-electron chi connectivity index (χ2n) is 2.89. The normalized spacial score (nSPS) is 8.47. The van der Waals surface area contributed by atoms with Crippen molar-refractivity contribution < 1.29 is 41.5 Å². The summed E-state index contributed by atoms with van der Waals surface area (Å²) >= 11 is 0. The van der Waals surface area contributed by atoms with Gasteiger partial charge in [-0.15, -0.1) is 23.0 Å². The molecule has 2 rings (SSSR count). The van der Waals surface area contributed by atoms with Gasteiger partial charge in [0.05, 0.1) is 0 Å². The fraction of sp³-hybridized carbons (Fsp3) is 0. The van der Waals surface area contributed by atoms with Gasteiger partial charge in [-0.3, -0.25) is 0 Å². The number of para-hydroxylation sites is 4. The summed E-state index contributed by atoms with van der Waals surface area (Å²) in [7, 11) is 0. The average Bonchev–Trinajstić information content (AvgIpc) is 2.28. The minimum Gasteiger partial charge on any atom is -0.873 e. The molecule has 5 heteroatoms. The molecular formula is C12H8O4W. The van der Waals surface area contributed by atoms with Crippen LogP contribution in [0, 0.1) is 0 Å². The van der Waals surface area contributed by atoms with Crippen molar-refractivity contribution in [3.8, 4) is 23.0 Å². The fourth-order valence-electron chi connectivity index (χ4n) is 0.900. The molecule has 86 valence electrons. The van der Waals surface area contributed by atoms with Gasteiger partial charge in [-0.1, -0.05) is 48.5 Å². The number of benzene rings is 2. The first-order valence-corrected chi connectivity index (χ1v) is 4.47. The van der Waals surface area contributed by atoms with E-state index in [1.165, 1.54) is 24.3 Å². The Balaban J connectivity index is 0.000000284. The predicted octanol–water partition coefficient (Wildman–Crippen LogP) is -0.335. The monoisotopic (exact) mass is 400 g/mol. The minimum atomic E-state index is -0.437. The number of hydrogen-bond donors (Lipinski definition) is 0. The molecule has 4 nitrogen and oxygen atoms in total. The molecule has 2 aromatic carbocycles. The first-order valence-electron chi connectivity index (χ1n) is 4.47. The van der Waals surface area contributed by atoms with E-state index in [0.717, 1.165) is 0 Å². The molecule has 0 radical (unpaired) electrons. The molecule has 0 unspecified atom stereocenters. The van der Waals surface area contributed by atoms with Crippen LogP contribution in [0.1, 0.15) is 0 Å². The van der Waals surface area contributed by atoms with Gasteiger partial charge in [0.2, 0.25) is 0 Å². The van der Waals surface area contributed by atoms with Crippen molar-refractivity contribution in [2.24, 2.45) is 0 Å². The van der Waals surface area contributed by atoms with Gasteiger partial charge >= 0.3 is 21.1 Å². The Morgan fingerprint density at radius 1 is 0.471 bits per heavy atom. The van der Waals surface area contributed by atoms with Gasteiger partial charge < -0.3 is 20.4 Å². The van der Waals surface area contributed by atoms with Crippen molar-refractivity contribution in [2.75, 3.05) is 0 Å². The Morgan fingerprint density at radius 2 is 0.647 bits per heavy atom. The van der Waals surface area contributed by atoms with Gasteiger partial charge in [0, 0.05) is 0 Å². The zero-order valence-electron chi connectivity index (χ0n) is 8.66. The van der Waals surface area contributed by atoms with Crippen LogP contribution in [0.3, 0.4) is 0 Å².